The lowest BCUT2D eigenvalue weighted by Gasteiger charge is -2.42. The zero-order valence-corrected chi connectivity index (χ0v) is 19.5. The lowest BCUT2D eigenvalue weighted by Crippen LogP contribution is -2.53. The van der Waals surface area contributed by atoms with Crippen LogP contribution in [0.3, 0.4) is 0 Å². The first-order valence-corrected chi connectivity index (χ1v) is 11.5. The van der Waals surface area contributed by atoms with Crippen molar-refractivity contribution in [1.82, 2.24) is 0 Å². The van der Waals surface area contributed by atoms with Gasteiger partial charge in [0, 0.05) is 7.11 Å². The molecule has 0 bridgehead atoms. The smallest absolute Gasteiger partial charge is 0.187 e. The van der Waals surface area contributed by atoms with Crippen LogP contribution in [0.4, 0.5) is 0 Å². The van der Waals surface area contributed by atoms with Gasteiger partial charge in [-0.2, -0.15) is 0 Å². The molecule has 0 aliphatic carbocycles. The van der Waals surface area contributed by atoms with E-state index in [1.807, 2.05) is 91.0 Å². The number of hydrogen-bond donors (Lipinski definition) is 0. The Balaban J connectivity index is 1.45. The molecule has 0 saturated carbocycles. The second kappa shape index (κ2) is 12.6. The van der Waals surface area contributed by atoms with Crippen molar-refractivity contribution in [3.63, 3.8) is 0 Å². The molecule has 0 N–H and O–H groups in total. The van der Waals surface area contributed by atoms with E-state index in [1.165, 1.54) is 0 Å². The fraction of sp³-hybridized carbons (Fsp3) is 0.310. The second-order valence-electron chi connectivity index (χ2n) is 8.28. The summed E-state index contributed by atoms with van der Waals surface area (Å²) in [5, 5.41) is 0. The van der Waals surface area contributed by atoms with E-state index in [-0.39, 0.29) is 6.10 Å². The first-order valence-electron chi connectivity index (χ1n) is 11.5. The van der Waals surface area contributed by atoms with E-state index in [0.29, 0.717) is 26.4 Å². The fourth-order valence-electron chi connectivity index (χ4n) is 3.95. The summed E-state index contributed by atoms with van der Waals surface area (Å²) in [6, 6.07) is 30.1. The lowest BCUT2D eigenvalue weighted by atomic mass is 9.96. The molecule has 34 heavy (non-hydrogen) atoms. The molecule has 3 aromatic carbocycles. The maximum absolute atomic E-state index is 6.37. The minimum absolute atomic E-state index is 0.351. The second-order valence-corrected chi connectivity index (χ2v) is 8.28. The Hall–Kier alpha value is -2.80. The Bertz CT molecular complexity index is 993. The highest BCUT2D eigenvalue weighted by Gasteiger charge is 2.43. The molecule has 0 aromatic heterocycles. The molecule has 1 saturated heterocycles. The SMILES string of the molecule is C=C1[C@@H](COCc2ccccc2)O[C@H](OC)[C@H](OCc2ccccc2)[C@H]1OCc1ccccc1. The molecular weight excluding hydrogens is 428 g/mol. The van der Waals surface area contributed by atoms with Gasteiger partial charge in [0.1, 0.15) is 18.3 Å². The molecule has 5 heteroatoms. The van der Waals surface area contributed by atoms with Gasteiger partial charge in [0.05, 0.1) is 26.4 Å². The van der Waals surface area contributed by atoms with Crippen LogP contribution >= 0.6 is 0 Å². The standard InChI is InChI=1S/C29H32O5/c1-22-26(21-31-18-23-12-6-3-7-13-23)34-29(30-2)28(33-20-25-16-10-5-11-17-25)27(22)32-19-24-14-8-4-9-15-24/h3-17,26-29H,1,18-21H2,2H3/t26-,27+,28-,29+/m1/s1. The van der Waals surface area contributed by atoms with Crippen molar-refractivity contribution in [3.8, 4) is 0 Å². The van der Waals surface area contributed by atoms with Gasteiger partial charge >= 0.3 is 0 Å². The number of rotatable bonds is 11. The van der Waals surface area contributed by atoms with Crippen LogP contribution < -0.4 is 0 Å². The van der Waals surface area contributed by atoms with Crippen LogP contribution in [-0.4, -0.2) is 38.3 Å². The zero-order chi connectivity index (χ0) is 23.6. The molecule has 5 nitrogen and oxygen atoms in total. The molecule has 1 aliphatic heterocycles. The Morgan fingerprint density at radius 3 is 1.74 bits per heavy atom. The molecule has 3 aromatic rings. The quantitative estimate of drug-likeness (QED) is 0.363. The van der Waals surface area contributed by atoms with Crippen molar-refractivity contribution in [2.45, 2.75) is 44.4 Å². The summed E-state index contributed by atoms with van der Waals surface area (Å²) in [5.74, 6) is 0. The summed E-state index contributed by atoms with van der Waals surface area (Å²) in [5.41, 5.74) is 4.04. The largest absolute Gasteiger partial charge is 0.374 e. The molecule has 1 heterocycles. The van der Waals surface area contributed by atoms with Gasteiger partial charge in [-0.1, -0.05) is 97.6 Å². The molecule has 1 aliphatic rings. The maximum Gasteiger partial charge on any atom is 0.187 e. The van der Waals surface area contributed by atoms with Crippen molar-refractivity contribution in [1.29, 1.82) is 0 Å². The minimum Gasteiger partial charge on any atom is -0.374 e. The topological polar surface area (TPSA) is 46.2 Å². The van der Waals surface area contributed by atoms with Gasteiger partial charge in [0.25, 0.3) is 0 Å². The molecule has 4 rings (SSSR count). The van der Waals surface area contributed by atoms with E-state index < -0.39 is 18.5 Å². The molecular formula is C29H32O5. The molecule has 1 fully saturated rings. The highest BCUT2D eigenvalue weighted by Crippen LogP contribution is 2.31. The fourth-order valence-corrected chi connectivity index (χ4v) is 3.95. The highest BCUT2D eigenvalue weighted by atomic mass is 16.7. The van der Waals surface area contributed by atoms with E-state index in [1.54, 1.807) is 7.11 Å². The van der Waals surface area contributed by atoms with Gasteiger partial charge in [0.2, 0.25) is 0 Å². The first-order chi connectivity index (χ1) is 16.7. The van der Waals surface area contributed by atoms with Gasteiger partial charge in [-0.15, -0.1) is 0 Å². The molecule has 0 radical (unpaired) electrons. The Morgan fingerprint density at radius 2 is 1.21 bits per heavy atom. The van der Waals surface area contributed by atoms with E-state index in [9.17, 15) is 0 Å². The van der Waals surface area contributed by atoms with E-state index in [4.69, 9.17) is 23.7 Å². The van der Waals surface area contributed by atoms with Gasteiger partial charge in [0.15, 0.2) is 6.29 Å². The Morgan fingerprint density at radius 1 is 0.706 bits per heavy atom. The van der Waals surface area contributed by atoms with Crippen LogP contribution in [0.2, 0.25) is 0 Å². The number of hydrogen-bond acceptors (Lipinski definition) is 5. The number of benzene rings is 3. The molecule has 0 amide bonds. The Labute approximate surface area is 201 Å². The molecule has 4 atom stereocenters. The summed E-state index contributed by atoms with van der Waals surface area (Å²) in [6.45, 7) is 6.02. The monoisotopic (exact) mass is 460 g/mol. The average Bonchev–Trinajstić information content (AvgIpc) is 2.89. The van der Waals surface area contributed by atoms with Gasteiger partial charge < -0.3 is 23.7 Å². The van der Waals surface area contributed by atoms with E-state index in [0.717, 1.165) is 22.3 Å². The first kappa shape index (κ1) is 24.3. The molecule has 178 valence electrons. The highest BCUT2D eigenvalue weighted by molar-refractivity contribution is 5.19. The zero-order valence-electron chi connectivity index (χ0n) is 19.5. The van der Waals surface area contributed by atoms with E-state index in [2.05, 4.69) is 6.58 Å². The summed E-state index contributed by atoms with van der Waals surface area (Å²) in [7, 11) is 1.62. The van der Waals surface area contributed by atoms with Gasteiger partial charge in [-0.3, -0.25) is 0 Å². The van der Waals surface area contributed by atoms with E-state index >= 15 is 0 Å². The number of ether oxygens (including phenoxy) is 5. The van der Waals surface area contributed by atoms with Crippen LogP contribution in [0.5, 0.6) is 0 Å². The van der Waals surface area contributed by atoms with Gasteiger partial charge in [-0.25, -0.2) is 0 Å². The van der Waals surface area contributed by atoms with Crippen molar-refractivity contribution < 1.29 is 23.7 Å². The average molecular weight is 461 g/mol. The van der Waals surface area contributed by atoms with Crippen molar-refractivity contribution >= 4 is 0 Å². The van der Waals surface area contributed by atoms with Crippen LogP contribution in [0.15, 0.2) is 103 Å². The summed E-state index contributed by atoms with van der Waals surface area (Å²) in [6.07, 6.45) is -1.86. The summed E-state index contributed by atoms with van der Waals surface area (Å²) in [4.78, 5) is 0. The van der Waals surface area contributed by atoms with Crippen LogP contribution in [0.1, 0.15) is 16.7 Å². The third-order valence-electron chi connectivity index (χ3n) is 5.81. The summed E-state index contributed by atoms with van der Waals surface area (Å²) >= 11 is 0. The van der Waals surface area contributed by atoms with Crippen LogP contribution in [-0.2, 0) is 43.5 Å². The maximum atomic E-state index is 6.37. The molecule has 0 unspecified atom stereocenters. The van der Waals surface area contributed by atoms with Crippen LogP contribution in [0.25, 0.3) is 0 Å². The number of methoxy groups -OCH3 is 1. The van der Waals surface area contributed by atoms with Crippen molar-refractivity contribution in [3.05, 3.63) is 120 Å². The predicted octanol–water partition coefficient (Wildman–Crippen LogP) is 5.30. The third-order valence-corrected chi connectivity index (χ3v) is 5.81. The lowest BCUT2D eigenvalue weighted by molar-refractivity contribution is -0.265. The normalized spacial score (nSPS) is 22.6. The molecule has 0 spiro atoms. The van der Waals surface area contributed by atoms with Crippen LogP contribution in [0, 0.1) is 0 Å². The third kappa shape index (κ3) is 6.63. The van der Waals surface area contributed by atoms with Crippen molar-refractivity contribution in [2.75, 3.05) is 13.7 Å². The minimum atomic E-state index is -0.611. The van der Waals surface area contributed by atoms with Crippen molar-refractivity contribution in [2.24, 2.45) is 0 Å². The Kier molecular flexibility index (Phi) is 9.02. The predicted molar refractivity (Wildman–Crippen MR) is 131 cm³/mol. The van der Waals surface area contributed by atoms with Gasteiger partial charge in [-0.05, 0) is 22.3 Å². The summed E-state index contributed by atoms with van der Waals surface area (Å²) < 4.78 is 30.5.